The Hall–Kier alpha value is -2.04. The van der Waals surface area contributed by atoms with Gasteiger partial charge in [0.1, 0.15) is 0 Å². The molecule has 0 unspecified atom stereocenters. The highest BCUT2D eigenvalue weighted by molar-refractivity contribution is 6.01. The molecule has 0 spiro atoms. The molecule has 5 nitrogen and oxygen atoms in total. The second kappa shape index (κ2) is 8.13. The third-order valence-electron chi connectivity index (χ3n) is 2.52. The lowest BCUT2D eigenvalue weighted by molar-refractivity contribution is -0.120. The van der Waals surface area contributed by atoms with Gasteiger partial charge < -0.3 is 16.0 Å². The molecule has 0 heterocycles. The molecule has 1 aromatic carbocycles. The van der Waals surface area contributed by atoms with Crippen LogP contribution in [0.4, 0.5) is 5.69 Å². The highest BCUT2D eigenvalue weighted by Gasteiger charge is 2.11. The number of carbonyl (C=O) groups excluding carboxylic acids is 2. The lowest BCUT2D eigenvalue weighted by Crippen LogP contribution is -2.37. The van der Waals surface area contributed by atoms with Gasteiger partial charge in [0.2, 0.25) is 5.91 Å². The van der Waals surface area contributed by atoms with Crippen LogP contribution in [-0.2, 0) is 4.79 Å². The lowest BCUT2D eigenvalue weighted by atomic mass is 10.1. The first kappa shape index (κ1) is 15.0. The molecule has 0 fully saturated rings. The summed E-state index contributed by atoms with van der Waals surface area (Å²) in [6.07, 6.45) is 0.878. The van der Waals surface area contributed by atoms with Gasteiger partial charge in [-0.05, 0) is 25.5 Å². The van der Waals surface area contributed by atoms with Crippen molar-refractivity contribution >= 4 is 17.5 Å². The zero-order valence-corrected chi connectivity index (χ0v) is 11.5. The second-order valence-electron chi connectivity index (χ2n) is 4.11. The number of para-hydroxylation sites is 1. The Morgan fingerprint density at radius 3 is 2.53 bits per heavy atom. The van der Waals surface area contributed by atoms with Crippen molar-refractivity contribution in [2.24, 2.45) is 0 Å². The van der Waals surface area contributed by atoms with Crippen LogP contribution in [-0.4, -0.2) is 31.4 Å². The molecule has 0 aromatic heterocycles. The number of carbonyl (C=O) groups is 2. The van der Waals surface area contributed by atoms with Crippen molar-refractivity contribution in [1.82, 2.24) is 10.6 Å². The summed E-state index contributed by atoms with van der Waals surface area (Å²) in [7, 11) is 0. The maximum Gasteiger partial charge on any atom is 0.253 e. The van der Waals surface area contributed by atoms with Crippen LogP contribution >= 0.6 is 0 Å². The van der Waals surface area contributed by atoms with Gasteiger partial charge in [0.05, 0.1) is 12.1 Å². The summed E-state index contributed by atoms with van der Waals surface area (Å²) in [4.78, 5) is 23.4. The number of rotatable bonds is 7. The van der Waals surface area contributed by atoms with Crippen LogP contribution in [0.2, 0.25) is 0 Å². The zero-order valence-electron chi connectivity index (χ0n) is 11.5. The Kier molecular flexibility index (Phi) is 6.43. The van der Waals surface area contributed by atoms with Crippen molar-refractivity contribution < 1.29 is 9.59 Å². The molecule has 0 bridgehead atoms. The Labute approximate surface area is 113 Å². The van der Waals surface area contributed by atoms with Gasteiger partial charge in [0.15, 0.2) is 0 Å². The minimum Gasteiger partial charge on any atom is -0.385 e. The normalized spacial score (nSPS) is 9.79. The Morgan fingerprint density at radius 2 is 1.84 bits per heavy atom. The topological polar surface area (TPSA) is 70.2 Å². The molecular formula is C14H21N3O2. The van der Waals surface area contributed by atoms with Crippen molar-refractivity contribution in [3.8, 4) is 0 Å². The van der Waals surface area contributed by atoms with Crippen LogP contribution in [0.1, 0.15) is 30.6 Å². The van der Waals surface area contributed by atoms with Crippen LogP contribution in [0, 0.1) is 0 Å². The lowest BCUT2D eigenvalue weighted by Gasteiger charge is -2.10. The summed E-state index contributed by atoms with van der Waals surface area (Å²) in [6.45, 7) is 5.31. The summed E-state index contributed by atoms with van der Waals surface area (Å²) in [5, 5.41) is 8.44. The smallest absolute Gasteiger partial charge is 0.253 e. The number of anilines is 1. The summed E-state index contributed by atoms with van der Waals surface area (Å²) in [6, 6.07) is 7.24. The van der Waals surface area contributed by atoms with E-state index in [0.717, 1.165) is 18.7 Å². The van der Waals surface area contributed by atoms with Gasteiger partial charge in [-0.3, -0.25) is 9.59 Å². The number of hydrogen-bond acceptors (Lipinski definition) is 3. The Morgan fingerprint density at radius 1 is 1.11 bits per heavy atom. The summed E-state index contributed by atoms with van der Waals surface area (Å²) < 4.78 is 0. The largest absolute Gasteiger partial charge is 0.385 e. The monoisotopic (exact) mass is 263 g/mol. The van der Waals surface area contributed by atoms with Crippen LogP contribution in [0.25, 0.3) is 0 Å². The van der Waals surface area contributed by atoms with Gasteiger partial charge >= 0.3 is 0 Å². The molecule has 2 amide bonds. The molecule has 5 heteroatoms. The molecule has 0 atom stereocenters. The molecule has 0 saturated heterocycles. The molecule has 0 aliphatic rings. The quantitative estimate of drug-likeness (QED) is 0.696. The third-order valence-corrected chi connectivity index (χ3v) is 2.52. The number of nitrogens with one attached hydrogen (secondary N) is 3. The summed E-state index contributed by atoms with van der Waals surface area (Å²) >= 11 is 0. The highest BCUT2D eigenvalue weighted by atomic mass is 16.2. The zero-order chi connectivity index (χ0) is 14.1. The van der Waals surface area contributed by atoms with E-state index in [4.69, 9.17) is 0 Å². The standard InChI is InChI=1S/C14H21N3O2/c1-3-9-16-13(18)10-17-14(19)11-7-5-6-8-12(11)15-4-2/h5-8,15H,3-4,9-10H2,1-2H3,(H,16,18)(H,17,19). The number of amides is 2. The number of benzene rings is 1. The molecule has 1 aromatic rings. The number of hydrogen-bond donors (Lipinski definition) is 3. The van der Waals surface area contributed by atoms with Crippen LogP contribution < -0.4 is 16.0 Å². The van der Waals surface area contributed by atoms with Crippen molar-refractivity contribution in [2.75, 3.05) is 25.0 Å². The molecular weight excluding hydrogens is 242 g/mol. The second-order valence-corrected chi connectivity index (χ2v) is 4.11. The van der Waals surface area contributed by atoms with Crippen molar-refractivity contribution in [3.05, 3.63) is 29.8 Å². The first-order chi connectivity index (χ1) is 9.19. The fraction of sp³-hybridized carbons (Fsp3) is 0.429. The molecule has 0 aliphatic carbocycles. The van der Waals surface area contributed by atoms with Crippen LogP contribution in [0.3, 0.4) is 0 Å². The minimum atomic E-state index is -0.247. The molecule has 1 rings (SSSR count). The maximum atomic E-state index is 12.0. The van der Waals surface area contributed by atoms with E-state index in [9.17, 15) is 9.59 Å². The fourth-order valence-electron chi connectivity index (χ4n) is 1.61. The van der Waals surface area contributed by atoms with Crippen molar-refractivity contribution in [3.63, 3.8) is 0 Å². The molecule has 0 aliphatic heterocycles. The SMILES string of the molecule is CCCNC(=O)CNC(=O)c1ccccc1NCC. The van der Waals surface area contributed by atoms with Gasteiger partial charge in [-0.25, -0.2) is 0 Å². The van der Waals surface area contributed by atoms with E-state index < -0.39 is 0 Å². The Bertz CT molecular complexity index is 432. The van der Waals surface area contributed by atoms with Gasteiger partial charge in [-0.15, -0.1) is 0 Å². The van der Waals surface area contributed by atoms with Gasteiger partial charge in [0, 0.05) is 18.8 Å². The highest BCUT2D eigenvalue weighted by Crippen LogP contribution is 2.14. The predicted molar refractivity (Wildman–Crippen MR) is 76.2 cm³/mol. The van der Waals surface area contributed by atoms with E-state index in [1.807, 2.05) is 26.0 Å². The van der Waals surface area contributed by atoms with E-state index in [0.29, 0.717) is 12.1 Å². The average molecular weight is 263 g/mol. The van der Waals surface area contributed by atoms with E-state index >= 15 is 0 Å². The van der Waals surface area contributed by atoms with Crippen LogP contribution in [0.15, 0.2) is 24.3 Å². The van der Waals surface area contributed by atoms with Crippen molar-refractivity contribution in [1.29, 1.82) is 0 Å². The summed E-state index contributed by atoms with van der Waals surface area (Å²) in [5.74, 6) is -0.417. The molecule has 0 radical (unpaired) electrons. The summed E-state index contributed by atoms with van der Waals surface area (Å²) in [5.41, 5.74) is 1.32. The maximum absolute atomic E-state index is 12.0. The van der Waals surface area contributed by atoms with Crippen LogP contribution in [0.5, 0.6) is 0 Å². The van der Waals surface area contributed by atoms with E-state index in [2.05, 4.69) is 16.0 Å². The first-order valence-electron chi connectivity index (χ1n) is 6.56. The average Bonchev–Trinajstić information content (AvgIpc) is 2.43. The first-order valence-corrected chi connectivity index (χ1v) is 6.56. The van der Waals surface area contributed by atoms with E-state index in [-0.39, 0.29) is 18.4 Å². The Balaban J connectivity index is 2.56. The molecule has 104 valence electrons. The molecule has 19 heavy (non-hydrogen) atoms. The molecule has 3 N–H and O–H groups in total. The van der Waals surface area contributed by atoms with E-state index in [1.165, 1.54) is 0 Å². The fourth-order valence-corrected chi connectivity index (χ4v) is 1.61. The van der Waals surface area contributed by atoms with E-state index in [1.54, 1.807) is 12.1 Å². The van der Waals surface area contributed by atoms with Gasteiger partial charge in [0.25, 0.3) is 5.91 Å². The van der Waals surface area contributed by atoms with Gasteiger partial charge in [-0.1, -0.05) is 19.1 Å². The molecule has 0 saturated carbocycles. The minimum absolute atomic E-state index is 0.000702. The predicted octanol–water partition coefficient (Wildman–Crippen LogP) is 1.37. The third kappa shape index (κ3) is 4.99. The van der Waals surface area contributed by atoms with Gasteiger partial charge in [-0.2, -0.15) is 0 Å². The van der Waals surface area contributed by atoms with Crippen molar-refractivity contribution in [2.45, 2.75) is 20.3 Å².